The van der Waals surface area contributed by atoms with E-state index in [0.29, 0.717) is 5.56 Å². The number of carbonyl (C=O) groups excluding carboxylic acids is 1. The minimum absolute atomic E-state index is 0.223. The quantitative estimate of drug-likeness (QED) is 0.605. The Labute approximate surface area is 90.0 Å². The van der Waals surface area contributed by atoms with Crippen LogP contribution in [0.2, 0.25) is 0 Å². The van der Waals surface area contributed by atoms with E-state index in [4.69, 9.17) is 11.6 Å². The Bertz CT molecular complexity index is 295. The molecule has 1 rings (SSSR count). The van der Waals surface area contributed by atoms with E-state index in [-0.39, 0.29) is 10.3 Å². The van der Waals surface area contributed by atoms with Crippen molar-refractivity contribution in [3.63, 3.8) is 0 Å². The van der Waals surface area contributed by atoms with Crippen LogP contribution >= 0.6 is 27.5 Å². The van der Waals surface area contributed by atoms with Crippen molar-refractivity contribution in [2.24, 2.45) is 0 Å². The van der Waals surface area contributed by atoms with Crippen LogP contribution in [-0.2, 0) is 4.74 Å². The van der Waals surface area contributed by atoms with E-state index in [1.54, 1.807) is 24.3 Å². The first-order valence-corrected chi connectivity index (χ1v) is 4.97. The fraction of sp³-hybridized carbons (Fsp3) is 0.222. The first-order chi connectivity index (χ1) is 6.15. The molecule has 0 amide bonds. The largest absolute Gasteiger partial charge is 0.465 e. The average Bonchev–Trinajstić information content (AvgIpc) is 2.17. The second-order valence-electron chi connectivity index (χ2n) is 2.41. The average molecular weight is 264 g/mol. The molecule has 13 heavy (non-hydrogen) atoms. The molecular formula is C9H8BrClO2. The zero-order valence-electron chi connectivity index (χ0n) is 6.96. The minimum atomic E-state index is -0.341. The molecular weight excluding hydrogens is 255 g/mol. The minimum Gasteiger partial charge on any atom is -0.465 e. The Balaban J connectivity index is 2.87. The fourth-order valence-corrected chi connectivity index (χ4v) is 1.33. The Hall–Kier alpha value is -0.540. The van der Waals surface area contributed by atoms with Gasteiger partial charge in [-0.3, -0.25) is 0 Å². The van der Waals surface area contributed by atoms with Crippen LogP contribution in [0, 0.1) is 0 Å². The molecule has 0 aliphatic rings. The van der Waals surface area contributed by atoms with Crippen LogP contribution in [0.4, 0.5) is 0 Å². The van der Waals surface area contributed by atoms with Crippen molar-refractivity contribution in [2.45, 2.75) is 4.29 Å². The van der Waals surface area contributed by atoms with Gasteiger partial charge >= 0.3 is 5.97 Å². The van der Waals surface area contributed by atoms with E-state index >= 15 is 0 Å². The monoisotopic (exact) mass is 262 g/mol. The number of carbonyl (C=O) groups is 1. The Morgan fingerprint density at radius 1 is 1.46 bits per heavy atom. The van der Waals surface area contributed by atoms with Crippen molar-refractivity contribution >= 4 is 33.5 Å². The molecule has 0 radical (unpaired) electrons. The lowest BCUT2D eigenvalue weighted by Crippen LogP contribution is -2.00. The lowest BCUT2D eigenvalue weighted by Gasteiger charge is -2.02. The first-order valence-electron chi connectivity index (χ1n) is 3.61. The zero-order valence-corrected chi connectivity index (χ0v) is 9.30. The second kappa shape index (κ2) is 4.63. The SMILES string of the molecule is COC(=O)c1ccc(C(Cl)Br)cc1. The molecule has 4 heteroatoms. The summed E-state index contributed by atoms with van der Waals surface area (Å²) in [7, 11) is 1.35. The second-order valence-corrected chi connectivity index (χ2v) is 4.29. The zero-order chi connectivity index (χ0) is 9.84. The van der Waals surface area contributed by atoms with Crippen molar-refractivity contribution < 1.29 is 9.53 Å². The third-order valence-electron chi connectivity index (χ3n) is 1.58. The number of hydrogen-bond donors (Lipinski definition) is 0. The molecule has 0 aromatic heterocycles. The van der Waals surface area contributed by atoms with Crippen molar-refractivity contribution in [2.75, 3.05) is 7.11 Å². The molecule has 0 N–H and O–H groups in total. The van der Waals surface area contributed by atoms with Gasteiger partial charge in [0.15, 0.2) is 0 Å². The van der Waals surface area contributed by atoms with Gasteiger partial charge in [-0.15, -0.1) is 11.6 Å². The summed E-state index contributed by atoms with van der Waals surface area (Å²) in [5, 5.41) is 0. The predicted octanol–water partition coefficient (Wildman–Crippen LogP) is 3.11. The van der Waals surface area contributed by atoms with Gasteiger partial charge in [-0.05, 0) is 17.7 Å². The molecule has 2 nitrogen and oxygen atoms in total. The van der Waals surface area contributed by atoms with Crippen molar-refractivity contribution in [1.82, 2.24) is 0 Å². The molecule has 70 valence electrons. The van der Waals surface area contributed by atoms with Gasteiger partial charge in [-0.2, -0.15) is 0 Å². The van der Waals surface area contributed by atoms with Crippen LogP contribution in [0.5, 0.6) is 0 Å². The third-order valence-corrected chi connectivity index (χ3v) is 2.36. The van der Waals surface area contributed by atoms with E-state index in [2.05, 4.69) is 20.7 Å². The highest BCUT2D eigenvalue weighted by molar-refractivity contribution is 9.09. The Morgan fingerprint density at radius 3 is 2.38 bits per heavy atom. The van der Waals surface area contributed by atoms with Gasteiger partial charge in [0.05, 0.1) is 12.7 Å². The summed E-state index contributed by atoms with van der Waals surface area (Å²) < 4.78 is 4.33. The van der Waals surface area contributed by atoms with Crippen LogP contribution in [0.3, 0.4) is 0 Å². The fourth-order valence-electron chi connectivity index (χ4n) is 0.883. The van der Waals surface area contributed by atoms with E-state index in [1.165, 1.54) is 7.11 Å². The topological polar surface area (TPSA) is 26.3 Å². The number of esters is 1. The summed E-state index contributed by atoms with van der Waals surface area (Å²) in [4.78, 5) is 11.0. The van der Waals surface area contributed by atoms with E-state index in [0.717, 1.165) is 5.56 Å². The Morgan fingerprint density at radius 2 is 2.00 bits per heavy atom. The lowest BCUT2D eigenvalue weighted by molar-refractivity contribution is 0.0601. The standard InChI is InChI=1S/C9H8BrClO2/c1-13-9(12)7-4-2-6(3-5-7)8(10)11/h2-5,8H,1H3. The number of halogens is 2. The molecule has 0 aliphatic carbocycles. The van der Waals surface area contributed by atoms with E-state index in [1.807, 2.05) is 0 Å². The molecule has 0 spiro atoms. The number of rotatable bonds is 2. The maximum atomic E-state index is 11.0. The van der Waals surface area contributed by atoms with Gasteiger partial charge < -0.3 is 4.74 Å². The highest BCUT2D eigenvalue weighted by Crippen LogP contribution is 2.26. The molecule has 0 heterocycles. The highest BCUT2D eigenvalue weighted by atomic mass is 79.9. The maximum absolute atomic E-state index is 11.0. The first kappa shape index (κ1) is 10.5. The summed E-state index contributed by atoms with van der Waals surface area (Å²) in [5.74, 6) is -0.341. The van der Waals surface area contributed by atoms with Crippen molar-refractivity contribution in [1.29, 1.82) is 0 Å². The number of hydrogen-bond acceptors (Lipinski definition) is 2. The van der Waals surface area contributed by atoms with Crippen LogP contribution in [0.15, 0.2) is 24.3 Å². The number of benzene rings is 1. The van der Waals surface area contributed by atoms with E-state index < -0.39 is 0 Å². The molecule has 1 aromatic rings. The normalized spacial score (nSPS) is 12.2. The van der Waals surface area contributed by atoms with Gasteiger partial charge in [-0.1, -0.05) is 28.1 Å². The van der Waals surface area contributed by atoms with Crippen molar-refractivity contribution in [3.05, 3.63) is 35.4 Å². The number of methoxy groups -OCH3 is 1. The summed E-state index contributed by atoms with van der Waals surface area (Å²) in [6.07, 6.45) is 0. The smallest absolute Gasteiger partial charge is 0.337 e. The molecule has 1 aromatic carbocycles. The molecule has 0 fully saturated rings. The summed E-state index contributed by atoms with van der Waals surface area (Å²) >= 11 is 8.98. The van der Waals surface area contributed by atoms with Gasteiger partial charge in [0.1, 0.15) is 4.29 Å². The highest BCUT2D eigenvalue weighted by Gasteiger charge is 2.06. The molecule has 1 atom stereocenters. The van der Waals surface area contributed by atoms with Crippen LogP contribution in [0.25, 0.3) is 0 Å². The van der Waals surface area contributed by atoms with Crippen LogP contribution < -0.4 is 0 Å². The Kier molecular flexibility index (Phi) is 3.75. The molecule has 0 aliphatic heterocycles. The molecule has 1 unspecified atom stereocenters. The molecule has 0 bridgehead atoms. The third kappa shape index (κ3) is 2.71. The molecule has 0 saturated heterocycles. The van der Waals surface area contributed by atoms with Gasteiger partial charge in [0.25, 0.3) is 0 Å². The summed E-state index contributed by atoms with van der Waals surface area (Å²) in [6, 6.07) is 6.91. The van der Waals surface area contributed by atoms with E-state index in [9.17, 15) is 4.79 Å². The van der Waals surface area contributed by atoms with Gasteiger partial charge in [0, 0.05) is 0 Å². The number of alkyl halides is 2. The predicted molar refractivity (Wildman–Crippen MR) is 55.3 cm³/mol. The summed E-state index contributed by atoms with van der Waals surface area (Å²) in [5.41, 5.74) is 1.44. The van der Waals surface area contributed by atoms with Crippen molar-refractivity contribution in [3.8, 4) is 0 Å². The van der Waals surface area contributed by atoms with Crippen LogP contribution in [0.1, 0.15) is 20.2 Å². The molecule has 0 saturated carbocycles. The van der Waals surface area contributed by atoms with Gasteiger partial charge in [0.2, 0.25) is 0 Å². The summed E-state index contributed by atoms with van der Waals surface area (Å²) in [6.45, 7) is 0. The lowest BCUT2D eigenvalue weighted by atomic mass is 10.1. The van der Waals surface area contributed by atoms with Gasteiger partial charge in [-0.25, -0.2) is 4.79 Å². The number of ether oxygens (including phenoxy) is 1. The van der Waals surface area contributed by atoms with Crippen LogP contribution in [-0.4, -0.2) is 13.1 Å². The maximum Gasteiger partial charge on any atom is 0.337 e.